The summed E-state index contributed by atoms with van der Waals surface area (Å²) in [6, 6.07) is 14.0. The van der Waals surface area contributed by atoms with Crippen LogP contribution in [0.25, 0.3) is 22.2 Å². The number of aliphatic hydroxyl groups is 1. The van der Waals surface area contributed by atoms with Gasteiger partial charge in [-0.1, -0.05) is 18.2 Å². The minimum atomic E-state index is -0.106. The van der Waals surface area contributed by atoms with Crippen LogP contribution in [0.15, 0.2) is 42.5 Å². The minimum Gasteiger partial charge on any atom is -0.388 e. The number of amides is 1. The van der Waals surface area contributed by atoms with Crippen molar-refractivity contribution in [2.75, 3.05) is 27.2 Å². The number of H-pyrrole nitrogens is 1. The molecule has 0 radical (unpaired) electrons. The van der Waals surface area contributed by atoms with Gasteiger partial charge in [0.05, 0.1) is 11.0 Å². The third-order valence-corrected chi connectivity index (χ3v) is 5.38. The number of imidazole rings is 1. The Hall–Kier alpha value is -2.70. The lowest BCUT2D eigenvalue weighted by Gasteiger charge is -2.24. The summed E-state index contributed by atoms with van der Waals surface area (Å²) >= 11 is 0. The number of likely N-dealkylation sites (N-methyl/N-ethyl adjacent to an activating group) is 2. The molecule has 1 aromatic heterocycles. The Kier molecular flexibility index (Phi) is 4.68. The predicted molar refractivity (Wildman–Crippen MR) is 105 cm³/mol. The van der Waals surface area contributed by atoms with Crippen LogP contribution in [-0.4, -0.2) is 64.0 Å². The molecule has 6 nitrogen and oxygen atoms in total. The fourth-order valence-corrected chi connectivity index (χ4v) is 3.72. The molecular formula is C21H24N4O2. The van der Waals surface area contributed by atoms with Crippen LogP contribution in [0.1, 0.15) is 22.6 Å². The van der Waals surface area contributed by atoms with E-state index in [0.29, 0.717) is 11.4 Å². The number of carbonyl (C=O) groups is 1. The first-order valence-corrected chi connectivity index (χ1v) is 9.21. The molecule has 0 saturated carbocycles. The maximum absolute atomic E-state index is 12.8. The minimum absolute atomic E-state index is 0.0680. The van der Waals surface area contributed by atoms with E-state index in [4.69, 9.17) is 0 Å². The average Bonchev–Trinajstić information content (AvgIpc) is 3.32. The molecule has 1 aliphatic heterocycles. The normalized spacial score (nSPS) is 17.5. The molecule has 3 aromatic rings. The van der Waals surface area contributed by atoms with E-state index >= 15 is 0 Å². The number of nitrogens with zero attached hydrogens (tertiary/aromatic N) is 3. The number of fused-ring (bicyclic) bond motifs is 1. The molecule has 6 heteroatoms. The van der Waals surface area contributed by atoms with Crippen LogP contribution in [0.4, 0.5) is 0 Å². The summed E-state index contributed by atoms with van der Waals surface area (Å²) < 4.78 is 0. The highest BCUT2D eigenvalue weighted by atomic mass is 16.3. The number of aromatic amines is 1. The monoisotopic (exact) mass is 364 g/mol. The molecule has 2 N–H and O–H groups in total. The first kappa shape index (κ1) is 17.7. The van der Waals surface area contributed by atoms with Crippen molar-refractivity contribution in [3.8, 4) is 11.1 Å². The number of benzene rings is 2. The maximum Gasteiger partial charge on any atom is 0.253 e. The molecular weight excluding hydrogens is 340 g/mol. The van der Waals surface area contributed by atoms with E-state index in [-0.39, 0.29) is 18.6 Å². The number of aliphatic hydroxyl groups excluding tert-OH is 1. The zero-order chi connectivity index (χ0) is 19.0. The zero-order valence-electron chi connectivity index (χ0n) is 15.6. The molecule has 1 aliphatic rings. The molecule has 4 rings (SSSR count). The highest BCUT2D eigenvalue weighted by Crippen LogP contribution is 2.24. The van der Waals surface area contributed by atoms with Gasteiger partial charge in [0.2, 0.25) is 0 Å². The van der Waals surface area contributed by atoms with Gasteiger partial charge >= 0.3 is 0 Å². The third kappa shape index (κ3) is 3.46. The fourth-order valence-electron chi connectivity index (χ4n) is 3.72. The third-order valence-electron chi connectivity index (χ3n) is 5.38. The van der Waals surface area contributed by atoms with Crippen molar-refractivity contribution in [2.24, 2.45) is 0 Å². The van der Waals surface area contributed by atoms with Crippen LogP contribution >= 0.6 is 0 Å². The van der Waals surface area contributed by atoms with Crippen LogP contribution in [0, 0.1) is 0 Å². The van der Waals surface area contributed by atoms with E-state index in [1.54, 1.807) is 0 Å². The van der Waals surface area contributed by atoms with E-state index in [9.17, 15) is 9.90 Å². The van der Waals surface area contributed by atoms with E-state index in [2.05, 4.69) is 21.9 Å². The van der Waals surface area contributed by atoms with Gasteiger partial charge in [0.15, 0.2) is 0 Å². The lowest BCUT2D eigenvalue weighted by Crippen LogP contribution is -2.38. The first-order valence-electron chi connectivity index (χ1n) is 9.21. The van der Waals surface area contributed by atoms with E-state index < -0.39 is 0 Å². The Balaban J connectivity index is 1.54. The standard InChI is InChI=1S/C21H24N4O2/c1-24-10-9-17(12-24)25(2)21(27)15-5-3-14(4-6-15)16-7-8-18-19(11-16)23-20(13-26)22-18/h3-8,11,17,26H,9-10,12-13H2,1-2H3,(H,22,23)/t17-/m1/s1. The molecule has 2 aromatic carbocycles. The topological polar surface area (TPSA) is 72.5 Å². The van der Waals surface area contributed by atoms with Crippen LogP contribution in [0.2, 0.25) is 0 Å². The molecule has 1 atom stereocenters. The van der Waals surface area contributed by atoms with Gasteiger partial charge in [-0.2, -0.15) is 0 Å². The summed E-state index contributed by atoms with van der Waals surface area (Å²) in [6.45, 7) is 1.86. The van der Waals surface area contributed by atoms with Gasteiger partial charge in [0.25, 0.3) is 5.91 Å². The van der Waals surface area contributed by atoms with Crippen molar-refractivity contribution in [1.29, 1.82) is 0 Å². The largest absolute Gasteiger partial charge is 0.388 e. The lowest BCUT2D eigenvalue weighted by atomic mass is 10.0. The van der Waals surface area contributed by atoms with Crippen molar-refractivity contribution in [2.45, 2.75) is 19.1 Å². The summed E-state index contributed by atoms with van der Waals surface area (Å²) in [4.78, 5) is 24.3. The van der Waals surface area contributed by atoms with Gasteiger partial charge < -0.3 is 19.9 Å². The molecule has 1 amide bonds. The van der Waals surface area contributed by atoms with Crippen molar-refractivity contribution in [1.82, 2.24) is 19.8 Å². The van der Waals surface area contributed by atoms with Gasteiger partial charge in [-0.3, -0.25) is 4.79 Å². The number of carbonyl (C=O) groups excluding carboxylic acids is 1. The summed E-state index contributed by atoms with van der Waals surface area (Å²) in [5, 5.41) is 9.21. The highest BCUT2D eigenvalue weighted by Gasteiger charge is 2.26. The van der Waals surface area contributed by atoms with E-state index in [1.165, 1.54) is 0 Å². The Morgan fingerprint density at radius 3 is 2.67 bits per heavy atom. The molecule has 140 valence electrons. The molecule has 0 aliphatic carbocycles. The van der Waals surface area contributed by atoms with Crippen LogP contribution in [-0.2, 0) is 6.61 Å². The van der Waals surface area contributed by atoms with Crippen molar-refractivity contribution in [3.63, 3.8) is 0 Å². The Bertz CT molecular complexity index is 964. The molecule has 2 heterocycles. The molecule has 27 heavy (non-hydrogen) atoms. The average molecular weight is 364 g/mol. The molecule has 0 spiro atoms. The number of likely N-dealkylation sites (tertiary alicyclic amines) is 1. The molecule has 0 unspecified atom stereocenters. The van der Waals surface area contributed by atoms with Crippen LogP contribution < -0.4 is 0 Å². The highest BCUT2D eigenvalue weighted by molar-refractivity contribution is 5.95. The molecule has 1 saturated heterocycles. The molecule has 0 bridgehead atoms. The number of aromatic nitrogens is 2. The van der Waals surface area contributed by atoms with E-state index in [0.717, 1.165) is 41.7 Å². The Morgan fingerprint density at radius 2 is 2.00 bits per heavy atom. The SMILES string of the molecule is CN1CC[C@@H](N(C)C(=O)c2ccc(-c3ccc4nc(CO)[nH]c4c3)cc2)C1. The van der Waals surface area contributed by atoms with Crippen molar-refractivity contribution < 1.29 is 9.90 Å². The van der Waals surface area contributed by atoms with Crippen LogP contribution in [0.3, 0.4) is 0 Å². The summed E-state index contributed by atoms with van der Waals surface area (Å²) in [5.74, 6) is 0.627. The lowest BCUT2D eigenvalue weighted by molar-refractivity contribution is 0.0737. The number of rotatable bonds is 4. The van der Waals surface area contributed by atoms with Crippen LogP contribution in [0.5, 0.6) is 0 Å². The summed E-state index contributed by atoms with van der Waals surface area (Å²) in [6.07, 6.45) is 1.02. The zero-order valence-corrected chi connectivity index (χ0v) is 15.6. The second kappa shape index (κ2) is 7.13. The van der Waals surface area contributed by atoms with Gasteiger partial charge in [0, 0.05) is 25.2 Å². The second-order valence-corrected chi connectivity index (χ2v) is 7.27. The molecule has 1 fully saturated rings. The number of hydrogen-bond acceptors (Lipinski definition) is 4. The van der Waals surface area contributed by atoms with Gasteiger partial charge in [-0.25, -0.2) is 4.98 Å². The van der Waals surface area contributed by atoms with Gasteiger partial charge in [-0.15, -0.1) is 0 Å². The van der Waals surface area contributed by atoms with E-state index in [1.807, 2.05) is 54.4 Å². The van der Waals surface area contributed by atoms with Gasteiger partial charge in [0.1, 0.15) is 12.4 Å². The smallest absolute Gasteiger partial charge is 0.253 e. The number of hydrogen-bond donors (Lipinski definition) is 2. The Morgan fingerprint density at radius 1 is 1.26 bits per heavy atom. The quantitative estimate of drug-likeness (QED) is 0.746. The summed E-state index contributed by atoms with van der Waals surface area (Å²) in [7, 11) is 3.98. The fraction of sp³-hybridized carbons (Fsp3) is 0.333. The Labute approximate surface area is 158 Å². The summed E-state index contributed by atoms with van der Waals surface area (Å²) in [5.41, 5.74) is 4.51. The van der Waals surface area contributed by atoms with Crippen molar-refractivity contribution in [3.05, 3.63) is 53.9 Å². The predicted octanol–water partition coefficient (Wildman–Crippen LogP) is 2.50. The number of nitrogens with one attached hydrogen (secondary N) is 1. The second-order valence-electron chi connectivity index (χ2n) is 7.27. The van der Waals surface area contributed by atoms with Gasteiger partial charge in [-0.05, 0) is 55.4 Å². The first-order chi connectivity index (χ1) is 13.0. The van der Waals surface area contributed by atoms with Crippen molar-refractivity contribution >= 4 is 16.9 Å². The maximum atomic E-state index is 12.8.